The summed E-state index contributed by atoms with van der Waals surface area (Å²) in [7, 11) is 0. The molecule has 0 aliphatic heterocycles. The lowest BCUT2D eigenvalue weighted by Crippen LogP contribution is -2.01. The van der Waals surface area contributed by atoms with Gasteiger partial charge in [0.2, 0.25) is 0 Å². The van der Waals surface area contributed by atoms with Gasteiger partial charge in [-0.05, 0) is 18.2 Å². The molecule has 2 aromatic heterocycles. The smallest absolute Gasteiger partial charge is 0.354 e. The summed E-state index contributed by atoms with van der Waals surface area (Å²) in [5.74, 6) is -1.06. The van der Waals surface area contributed by atoms with Crippen LogP contribution < -0.4 is 0 Å². The maximum Gasteiger partial charge on any atom is 0.354 e. The number of rotatable bonds is 2. The van der Waals surface area contributed by atoms with Crippen molar-refractivity contribution >= 4 is 5.97 Å². The lowest BCUT2D eigenvalue weighted by molar-refractivity contribution is 0.0690. The van der Waals surface area contributed by atoms with Gasteiger partial charge in [-0.2, -0.15) is 0 Å². The van der Waals surface area contributed by atoms with Crippen molar-refractivity contribution in [3.8, 4) is 11.4 Å². The van der Waals surface area contributed by atoms with E-state index in [9.17, 15) is 4.79 Å². The van der Waals surface area contributed by atoms with Crippen molar-refractivity contribution in [2.45, 2.75) is 0 Å². The van der Waals surface area contributed by atoms with Crippen LogP contribution in [0, 0.1) is 0 Å². The predicted molar refractivity (Wildman–Crippen MR) is 48.8 cm³/mol. The molecule has 0 aliphatic rings. The fourth-order valence-electron chi connectivity index (χ4n) is 1.11. The first-order valence-corrected chi connectivity index (χ1v) is 3.96. The number of carboxylic acids is 1. The van der Waals surface area contributed by atoms with Crippen molar-refractivity contribution in [1.82, 2.24) is 15.0 Å². The van der Waals surface area contributed by atoms with Crippen LogP contribution in [0.15, 0.2) is 30.7 Å². The zero-order valence-electron chi connectivity index (χ0n) is 7.14. The van der Waals surface area contributed by atoms with E-state index in [1.807, 2.05) is 12.1 Å². The van der Waals surface area contributed by atoms with Crippen molar-refractivity contribution in [2.24, 2.45) is 0 Å². The second-order valence-electron chi connectivity index (χ2n) is 2.68. The topological polar surface area (TPSA) is 78.9 Å². The molecule has 0 aromatic carbocycles. The molecule has 0 spiro atoms. The molecule has 5 nitrogen and oxygen atoms in total. The van der Waals surface area contributed by atoms with Crippen molar-refractivity contribution in [3.63, 3.8) is 0 Å². The van der Waals surface area contributed by atoms with Crippen molar-refractivity contribution in [2.75, 3.05) is 0 Å². The highest BCUT2D eigenvalue weighted by Crippen LogP contribution is 2.13. The Morgan fingerprint density at radius 1 is 1.43 bits per heavy atom. The largest absolute Gasteiger partial charge is 0.477 e. The van der Waals surface area contributed by atoms with Crippen LogP contribution in [-0.4, -0.2) is 26.0 Å². The van der Waals surface area contributed by atoms with Crippen LogP contribution >= 0.6 is 0 Å². The number of hydrogen-bond donors (Lipinski definition) is 2. The number of aromatic amines is 1. The van der Waals surface area contributed by atoms with Crippen LogP contribution in [0.25, 0.3) is 11.4 Å². The number of aromatic nitrogens is 3. The minimum Gasteiger partial charge on any atom is -0.477 e. The van der Waals surface area contributed by atoms with E-state index in [4.69, 9.17) is 5.11 Å². The molecule has 2 heterocycles. The first-order valence-electron chi connectivity index (χ1n) is 3.96. The third-order valence-electron chi connectivity index (χ3n) is 1.76. The van der Waals surface area contributed by atoms with Crippen LogP contribution in [0.3, 0.4) is 0 Å². The normalized spacial score (nSPS) is 10.0. The predicted octanol–water partition coefficient (Wildman–Crippen LogP) is 1.17. The van der Waals surface area contributed by atoms with Gasteiger partial charge >= 0.3 is 5.97 Å². The molecule has 0 saturated heterocycles. The minimum absolute atomic E-state index is 0.00963. The second-order valence-corrected chi connectivity index (χ2v) is 2.68. The van der Waals surface area contributed by atoms with E-state index < -0.39 is 5.97 Å². The second kappa shape index (κ2) is 3.29. The summed E-state index contributed by atoms with van der Waals surface area (Å²) in [5.41, 5.74) is 1.34. The van der Waals surface area contributed by atoms with Crippen molar-refractivity contribution < 1.29 is 9.90 Å². The third kappa shape index (κ3) is 1.47. The first kappa shape index (κ1) is 8.43. The van der Waals surface area contributed by atoms with Gasteiger partial charge in [-0.25, -0.2) is 14.8 Å². The van der Waals surface area contributed by atoms with Crippen LogP contribution in [-0.2, 0) is 0 Å². The molecule has 0 bridgehead atoms. The molecule has 0 atom stereocenters. The van der Waals surface area contributed by atoms with Gasteiger partial charge in [-0.1, -0.05) is 0 Å². The summed E-state index contributed by atoms with van der Waals surface area (Å²) in [4.78, 5) is 21.1. The molecule has 0 unspecified atom stereocenters. The van der Waals surface area contributed by atoms with Crippen molar-refractivity contribution in [1.29, 1.82) is 0 Å². The molecule has 5 heteroatoms. The Hall–Kier alpha value is -2.17. The fourth-order valence-corrected chi connectivity index (χ4v) is 1.11. The zero-order valence-corrected chi connectivity index (χ0v) is 7.14. The van der Waals surface area contributed by atoms with Gasteiger partial charge in [0.05, 0.1) is 11.4 Å². The van der Waals surface area contributed by atoms with E-state index >= 15 is 0 Å². The number of nitrogens with zero attached hydrogens (tertiary/aromatic N) is 2. The highest BCUT2D eigenvalue weighted by atomic mass is 16.4. The van der Waals surface area contributed by atoms with Crippen LogP contribution in [0.2, 0.25) is 0 Å². The molecule has 0 aliphatic carbocycles. The fraction of sp³-hybridized carbons (Fsp3) is 0. The maximum atomic E-state index is 10.6. The molecule has 0 fully saturated rings. The Bertz CT molecular complexity index is 451. The SMILES string of the molecule is O=C(O)c1cc(-c2ccc[nH]2)ncn1. The molecule has 0 radical (unpaired) electrons. The van der Waals surface area contributed by atoms with Gasteiger partial charge in [-0.15, -0.1) is 0 Å². The molecule has 14 heavy (non-hydrogen) atoms. The number of aromatic carboxylic acids is 1. The lowest BCUT2D eigenvalue weighted by Gasteiger charge is -1.97. The molecule has 2 rings (SSSR count). The summed E-state index contributed by atoms with van der Waals surface area (Å²) in [6, 6.07) is 5.06. The van der Waals surface area contributed by atoms with Crippen LogP contribution in [0.4, 0.5) is 0 Å². The maximum absolute atomic E-state index is 10.6. The molecule has 0 amide bonds. The van der Waals surface area contributed by atoms with E-state index in [0.717, 1.165) is 5.69 Å². The van der Waals surface area contributed by atoms with Gasteiger partial charge < -0.3 is 10.1 Å². The highest BCUT2D eigenvalue weighted by molar-refractivity contribution is 5.86. The number of carboxylic acid groups (broad SMARTS) is 1. The Labute approximate surface area is 79.5 Å². The summed E-state index contributed by atoms with van der Waals surface area (Å²) < 4.78 is 0. The van der Waals surface area contributed by atoms with Crippen LogP contribution in [0.1, 0.15) is 10.5 Å². The molecule has 2 aromatic rings. The van der Waals surface area contributed by atoms with E-state index in [0.29, 0.717) is 5.69 Å². The van der Waals surface area contributed by atoms with Gasteiger partial charge in [0, 0.05) is 6.20 Å². The van der Waals surface area contributed by atoms with E-state index in [-0.39, 0.29) is 5.69 Å². The lowest BCUT2D eigenvalue weighted by atomic mass is 10.2. The Morgan fingerprint density at radius 3 is 2.93 bits per heavy atom. The molecular formula is C9H7N3O2. The summed E-state index contributed by atoms with van der Waals surface area (Å²) in [6.07, 6.45) is 2.98. The number of carbonyl (C=O) groups is 1. The number of nitrogens with one attached hydrogen (secondary N) is 1. The van der Waals surface area contributed by atoms with Gasteiger partial charge in [0.25, 0.3) is 0 Å². The number of hydrogen-bond acceptors (Lipinski definition) is 3. The van der Waals surface area contributed by atoms with Crippen molar-refractivity contribution in [3.05, 3.63) is 36.4 Å². The standard InChI is InChI=1S/C9H7N3O2/c13-9(14)8-4-7(11-5-12-8)6-2-1-3-10-6/h1-5,10H,(H,13,14). The molecule has 70 valence electrons. The summed E-state index contributed by atoms with van der Waals surface area (Å²) in [6.45, 7) is 0. The summed E-state index contributed by atoms with van der Waals surface area (Å²) >= 11 is 0. The average Bonchev–Trinajstić information content (AvgIpc) is 2.71. The van der Waals surface area contributed by atoms with Gasteiger partial charge in [-0.3, -0.25) is 0 Å². The third-order valence-corrected chi connectivity index (χ3v) is 1.76. The zero-order chi connectivity index (χ0) is 9.97. The van der Waals surface area contributed by atoms with E-state index in [1.54, 1.807) is 6.20 Å². The van der Waals surface area contributed by atoms with Gasteiger partial charge in [0.15, 0.2) is 5.69 Å². The highest BCUT2D eigenvalue weighted by Gasteiger charge is 2.07. The minimum atomic E-state index is -1.06. The molecular weight excluding hydrogens is 182 g/mol. The quantitative estimate of drug-likeness (QED) is 0.743. The first-order chi connectivity index (χ1) is 6.77. The Morgan fingerprint density at radius 2 is 2.29 bits per heavy atom. The molecule has 2 N–H and O–H groups in total. The average molecular weight is 189 g/mol. The monoisotopic (exact) mass is 189 g/mol. The van der Waals surface area contributed by atoms with Gasteiger partial charge in [0.1, 0.15) is 6.33 Å². The van der Waals surface area contributed by atoms with Crippen LogP contribution in [0.5, 0.6) is 0 Å². The van der Waals surface area contributed by atoms with E-state index in [2.05, 4.69) is 15.0 Å². The number of H-pyrrole nitrogens is 1. The molecule has 0 saturated carbocycles. The Balaban J connectivity index is 2.46. The summed E-state index contributed by atoms with van der Waals surface area (Å²) in [5, 5.41) is 8.71. The van der Waals surface area contributed by atoms with E-state index in [1.165, 1.54) is 12.4 Å². The Kier molecular flexibility index (Phi) is 1.98.